The van der Waals surface area contributed by atoms with Gasteiger partial charge in [-0.25, -0.2) is 9.37 Å². The molecule has 1 aromatic heterocycles. The summed E-state index contributed by atoms with van der Waals surface area (Å²) in [4.78, 5) is 7.31. The van der Waals surface area contributed by atoms with Crippen molar-refractivity contribution in [1.29, 1.82) is 0 Å². The third-order valence-electron chi connectivity index (χ3n) is 4.02. The van der Waals surface area contributed by atoms with Gasteiger partial charge in [0, 0.05) is 12.1 Å². The summed E-state index contributed by atoms with van der Waals surface area (Å²) >= 11 is 0. The molecule has 0 unspecified atom stereocenters. The highest BCUT2D eigenvalue weighted by Crippen LogP contribution is 2.24. The number of hydrogen-bond donors (Lipinski definition) is 2. The van der Waals surface area contributed by atoms with Crippen molar-refractivity contribution in [2.45, 2.75) is 26.8 Å². The van der Waals surface area contributed by atoms with Crippen LogP contribution in [0.5, 0.6) is 0 Å². The van der Waals surface area contributed by atoms with Crippen molar-refractivity contribution >= 4 is 23.4 Å². The summed E-state index contributed by atoms with van der Waals surface area (Å²) in [5.74, 6) is 0.494. The molecule has 3 rings (SSSR count). The maximum absolute atomic E-state index is 14.3. The number of benzene rings is 2. The Morgan fingerprint density at radius 3 is 2.62 bits per heavy atom. The minimum Gasteiger partial charge on any atom is -0.345 e. The zero-order valence-electron chi connectivity index (χ0n) is 14.0. The van der Waals surface area contributed by atoms with Gasteiger partial charge in [-0.1, -0.05) is 32.0 Å². The zero-order valence-corrected chi connectivity index (χ0v) is 14.8. The van der Waals surface area contributed by atoms with Crippen LogP contribution in [0.1, 0.15) is 25.8 Å². The maximum atomic E-state index is 14.3. The van der Waals surface area contributed by atoms with Crippen LogP contribution in [0.4, 0.5) is 4.39 Å². The second-order valence-electron chi connectivity index (χ2n) is 6.30. The summed E-state index contributed by atoms with van der Waals surface area (Å²) in [6.45, 7) is 5.85. The number of H-pyrrole nitrogens is 1. The minimum absolute atomic E-state index is 0. The molecule has 0 atom stereocenters. The Bertz CT molecular complexity index is 798. The van der Waals surface area contributed by atoms with Crippen LogP contribution in [0.15, 0.2) is 42.7 Å². The van der Waals surface area contributed by atoms with E-state index in [1.165, 1.54) is 0 Å². The second kappa shape index (κ2) is 8.27. The molecule has 0 amide bonds. The van der Waals surface area contributed by atoms with Gasteiger partial charge in [0.05, 0.1) is 17.4 Å². The quantitative estimate of drug-likeness (QED) is 0.621. The lowest BCUT2D eigenvalue weighted by atomic mass is 10.0. The van der Waals surface area contributed by atoms with E-state index in [1.54, 1.807) is 12.4 Å². The fourth-order valence-electron chi connectivity index (χ4n) is 2.60. The first-order valence-electron chi connectivity index (χ1n) is 8.06. The summed E-state index contributed by atoms with van der Waals surface area (Å²) in [5, 5.41) is 3.30. The van der Waals surface area contributed by atoms with Crippen LogP contribution < -0.4 is 5.32 Å². The molecule has 2 N–H and O–H groups in total. The van der Waals surface area contributed by atoms with Crippen LogP contribution in [0.2, 0.25) is 0 Å². The zero-order chi connectivity index (χ0) is 16.2. The molecule has 3 aromatic rings. The van der Waals surface area contributed by atoms with E-state index in [9.17, 15) is 4.39 Å². The van der Waals surface area contributed by atoms with Crippen LogP contribution in [0, 0.1) is 11.7 Å². The first-order chi connectivity index (χ1) is 11.1. The number of nitrogens with one attached hydrogen (secondary N) is 2. The molecule has 2 aromatic carbocycles. The van der Waals surface area contributed by atoms with Crippen LogP contribution in [-0.4, -0.2) is 16.5 Å². The van der Waals surface area contributed by atoms with Gasteiger partial charge in [0.2, 0.25) is 0 Å². The number of imidazole rings is 1. The van der Waals surface area contributed by atoms with E-state index in [2.05, 4.69) is 29.1 Å². The van der Waals surface area contributed by atoms with Crippen LogP contribution in [0.3, 0.4) is 0 Å². The molecular weight excluding hydrogens is 325 g/mol. The lowest BCUT2D eigenvalue weighted by Crippen LogP contribution is -2.17. The Morgan fingerprint density at radius 2 is 1.88 bits per heavy atom. The Labute approximate surface area is 148 Å². The Kier molecular flexibility index (Phi) is 6.35. The standard InChI is InChI=1S/C19H22FN3.ClH/c1-13(2)7-8-21-11-16-4-3-14(9-17(16)20)15-5-6-18-19(10-15)23-12-22-18;/h3-6,9-10,12-13,21H,7-8,11H2,1-2H3,(H,22,23);1H. The smallest absolute Gasteiger partial charge is 0.128 e. The van der Waals surface area contributed by atoms with Gasteiger partial charge in [0.25, 0.3) is 0 Å². The predicted octanol–water partition coefficient (Wildman–Crippen LogP) is 4.93. The van der Waals surface area contributed by atoms with Gasteiger partial charge in [-0.3, -0.25) is 0 Å². The van der Waals surface area contributed by atoms with Crippen molar-refractivity contribution in [3.63, 3.8) is 0 Å². The van der Waals surface area contributed by atoms with Crippen LogP contribution >= 0.6 is 12.4 Å². The monoisotopic (exact) mass is 347 g/mol. The molecule has 5 heteroatoms. The first-order valence-corrected chi connectivity index (χ1v) is 8.06. The van der Waals surface area contributed by atoms with Gasteiger partial charge in [-0.2, -0.15) is 0 Å². The second-order valence-corrected chi connectivity index (χ2v) is 6.30. The van der Waals surface area contributed by atoms with Gasteiger partial charge in [0.15, 0.2) is 0 Å². The fourth-order valence-corrected chi connectivity index (χ4v) is 2.60. The minimum atomic E-state index is -0.165. The fraction of sp³-hybridized carbons (Fsp3) is 0.316. The Balaban J connectivity index is 0.00000208. The number of halogens is 2. The topological polar surface area (TPSA) is 40.7 Å². The van der Waals surface area contributed by atoms with Crippen molar-refractivity contribution < 1.29 is 4.39 Å². The van der Waals surface area contributed by atoms with Gasteiger partial charge in [0.1, 0.15) is 5.82 Å². The van der Waals surface area contributed by atoms with Crippen LogP contribution in [0.25, 0.3) is 22.2 Å². The van der Waals surface area contributed by atoms with Gasteiger partial charge in [-0.05, 0) is 48.2 Å². The molecule has 0 saturated carbocycles. The molecular formula is C19H23ClFN3. The maximum Gasteiger partial charge on any atom is 0.128 e. The Hall–Kier alpha value is -1.91. The average Bonchev–Trinajstić information content (AvgIpc) is 3.00. The van der Waals surface area contributed by atoms with Gasteiger partial charge in [-0.15, -0.1) is 12.4 Å². The van der Waals surface area contributed by atoms with E-state index < -0.39 is 0 Å². The number of fused-ring (bicyclic) bond motifs is 1. The third kappa shape index (κ3) is 4.34. The predicted molar refractivity (Wildman–Crippen MR) is 99.9 cm³/mol. The normalized spacial score (nSPS) is 11.0. The molecule has 0 saturated heterocycles. The first kappa shape index (κ1) is 18.4. The van der Waals surface area contributed by atoms with E-state index in [4.69, 9.17) is 0 Å². The molecule has 3 nitrogen and oxygen atoms in total. The van der Waals surface area contributed by atoms with Crippen molar-refractivity contribution in [1.82, 2.24) is 15.3 Å². The molecule has 0 aliphatic carbocycles. The van der Waals surface area contributed by atoms with E-state index in [1.807, 2.05) is 30.3 Å². The molecule has 128 valence electrons. The Morgan fingerprint density at radius 1 is 1.12 bits per heavy atom. The molecule has 1 heterocycles. The summed E-state index contributed by atoms with van der Waals surface area (Å²) < 4.78 is 14.3. The summed E-state index contributed by atoms with van der Waals surface area (Å²) in [6, 6.07) is 11.4. The number of hydrogen-bond acceptors (Lipinski definition) is 2. The van der Waals surface area contributed by atoms with Crippen molar-refractivity contribution in [2.24, 2.45) is 5.92 Å². The third-order valence-corrected chi connectivity index (χ3v) is 4.02. The van der Waals surface area contributed by atoms with Gasteiger partial charge >= 0.3 is 0 Å². The highest BCUT2D eigenvalue weighted by molar-refractivity contribution is 5.85. The highest BCUT2D eigenvalue weighted by Gasteiger charge is 2.07. The number of nitrogens with zero attached hydrogens (tertiary/aromatic N) is 1. The molecule has 0 spiro atoms. The SMILES string of the molecule is CC(C)CCNCc1ccc(-c2ccc3[nH]cnc3c2)cc1F.Cl. The highest BCUT2D eigenvalue weighted by atomic mass is 35.5. The van der Waals surface area contributed by atoms with Crippen molar-refractivity contribution in [2.75, 3.05) is 6.54 Å². The van der Waals surface area contributed by atoms with Crippen molar-refractivity contribution in [3.05, 3.63) is 54.1 Å². The lowest BCUT2D eigenvalue weighted by molar-refractivity contribution is 0.527. The summed E-state index contributed by atoms with van der Waals surface area (Å²) in [7, 11) is 0. The summed E-state index contributed by atoms with van der Waals surface area (Å²) in [6.07, 6.45) is 2.77. The largest absolute Gasteiger partial charge is 0.345 e. The summed E-state index contributed by atoms with van der Waals surface area (Å²) in [5.41, 5.74) is 4.43. The van der Waals surface area contributed by atoms with Gasteiger partial charge < -0.3 is 10.3 Å². The average molecular weight is 348 g/mol. The molecule has 0 fully saturated rings. The number of aromatic nitrogens is 2. The van der Waals surface area contributed by atoms with E-state index in [-0.39, 0.29) is 18.2 Å². The molecule has 24 heavy (non-hydrogen) atoms. The van der Waals surface area contributed by atoms with E-state index >= 15 is 0 Å². The molecule has 0 aliphatic heterocycles. The van der Waals surface area contributed by atoms with Crippen LogP contribution in [-0.2, 0) is 6.54 Å². The van der Waals surface area contributed by atoms with E-state index in [0.717, 1.165) is 35.1 Å². The molecule has 0 aliphatic rings. The lowest BCUT2D eigenvalue weighted by Gasteiger charge is -2.09. The van der Waals surface area contributed by atoms with Crippen molar-refractivity contribution in [3.8, 4) is 11.1 Å². The molecule has 0 radical (unpaired) electrons. The number of rotatable bonds is 6. The molecule has 0 bridgehead atoms. The van der Waals surface area contributed by atoms with E-state index in [0.29, 0.717) is 18.0 Å². The number of aromatic amines is 1.